The Kier molecular flexibility index (Phi) is 6.39. The fourth-order valence-electron chi connectivity index (χ4n) is 6.62. The lowest BCUT2D eigenvalue weighted by Gasteiger charge is -2.59. The topological polar surface area (TPSA) is 66.4 Å². The average Bonchev–Trinajstić information content (AvgIpc) is 2.80. The highest BCUT2D eigenvalue weighted by Crippen LogP contribution is 2.63. The number of benzene rings is 1. The molecule has 2 fully saturated rings. The Labute approximate surface area is 197 Å². The van der Waals surface area contributed by atoms with E-state index in [2.05, 4.69) is 32.7 Å². The van der Waals surface area contributed by atoms with Gasteiger partial charge in [0, 0.05) is 18.2 Å². The standard InChI is InChI=1S/C29H37NO3/c1-19-9-8-12-25-28(19,3)15-13-20(2)29(25,4)18-22-26(32)23(17-24(31)27(22)33)30-16-14-21-10-6-5-7-11-21/h5-7,10-11,17,20,25,30,32H,1,8-9,12-16,18H2,2-4H3/t20-,25?,28+,29+/m0/s1. The van der Waals surface area contributed by atoms with Gasteiger partial charge in [-0.05, 0) is 73.2 Å². The van der Waals surface area contributed by atoms with Crippen LogP contribution in [0.3, 0.4) is 0 Å². The molecule has 2 N–H and O–H groups in total. The number of hydrogen-bond donors (Lipinski definition) is 2. The summed E-state index contributed by atoms with van der Waals surface area (Å²) in [5, 5.41) is 14.3. The molecule has 4 nitrogen and oxygen atoms in total. The molecule has 0 aliphatic heterocycles. The number of fused-ring (bicyclic) bond motifs is 1. The van der Waals surface area contributed by atoms with Crippen molar-refractivity contribution in [2.24, 2.45) is 22.7 Å². The van der Waals surface area contributed by atoms with E-state index in [9.17, 15) is 14.7 Å². The second-order valence-corrected chi connectivity index (χ2v) is 10.8. The number of hydrogen-bond acceptors (Lipinski definition) is 4. The lowest BCUT2D eigenvalue weighted by atomic mass is 9.46. The first-order valence-corrected chi connectivity index (χ1v) is 12.4. The second kappa shape index (κ2) is 8.96. The number of nitrogens with one attached hydrogen (secondary N) is 1. The summed E-state index contributed by atoms with van der Waals surface area (Å²) < 4.78 is 0. The van der Waals surface area contributed by atoms with Crippen molar-refractivity contribution < 1.29 is 14.7 Å². The van der Waals surface area contributed by atoms with Crippen LogP contribution in [0.4, 0.5) is 0 Å². The quantitative estimate of drug-likeness (QED) is 0.326. The molecule has 0 aromatic heterocycles. The van der Waals surface area contributed by atoms with Crippen LogP contribution in [-0.4, -0.2) is 23.2 Å². The maximum absolute atomic E-state index is 12.9. The SMILES string of the molecule is C=C1CCCC2[C@](C)(CC3=C(O)C(NCCc4ccccc4)=CC(=O)C3=O)[C@@H](C)CC[C@]12C. The lowest BCUT2D eigenvalue weighted by Crippen LogP contribution is -2.51. The largest absolute Gasteiger partial charge is 0.505 e. The summed E-state index contributed by atoms with van der Waals surface area (Å²) in [6, 6.07) is 10.1. The highest BCUT2D eigenvalue weighted by molar-refractivity contribution is 6.48. The molecule has 1 unspecified atom stereocenters. The molecule has 4 atom stereocenters. The van der Waals surface area contributed by atoms with E-state index in [0.717, 1.165) is 38.5 Å². The van der Waals surface area contributed by atoms with Gasteiger partial charge >= 0.3 is 0 Å². The Morgan fingerprint density at radius 3 is 2.61 bits per heavy atom. The highest BCUT2D eigenvalue weighted by atomic mass is 16.3. The molecule has 4 heteroatoms. The zero-order valence-electron chi connectivity index (χ0n) is 20.2. The molecule has 2 saturated carbocycles. The number of allylic oxidation sites excluding steroid dienone is 3. The Bertz CT molecular complexity index is 1020. The smallest absolute Gasteiger partial charge is 0.232 e. The number of aliphatic hydroxyl groups is 1. The van der Waals surface area contributed by atoms with Crippen molar-refractivity contribution in [3.8, 4) is 0 Å². The highest BCUT2D eigenvalue weighted by Gasteiger charge is 2.54. The number of rotatable bonds is 6. The summed E-state index contributed by atoms with van der Waals surface area (Å²) in [7, 11) is 0. The van der Waals surface area contributed by atoms with Gasteiger partial charge in [0.05, 0.1) is 5.70 Å². The molecule has 1 aromatic carbocycles. The molecule has 0 amide bonds. The molecular formula is C29H37NO3. The Morgan fingerprint density at radius 1 is 1.15 bits per heavy atom. The lowest BCUT2D eigenvalue weighted by molar-refractivity contribution is -0.132. The van der Waals surface area contributed by atoms with Crippen LogP contribution in [-0.2, 0) is 16.0 Å². The molecule has 0 spiro atoms. The first-order chi connectivity index (χ1) is 15.7. The summed E-state index contributed by atoms with van der Waals surface area (Å²) in [4.78, 5) is 25.5. The monoisotopic (exact) mass is 447 g/mol. The van der Waals surface area contributed by atoms with E-state index >= 15 is 0 Å². The zero-order valence-corrected chi connectivity index (χ0v) is 20.2. The maximum Gasteiger partial charge on any atom is 0.232 e. The summed E-state index contributed by atoms with van der Waals surface area (Å²) in [6.45, 7) is 11.8. The van der Waals surface area contributed by atoms with E-state index in [1.54, 1.807) is 0 Å². The van der Waals surface area contributed by atoms with Crippen LogP contribution in [0.15, 0.2) is 65.6 Å². The van der Waals surface area contributed by atoms with Crippen LogP contribution in [0.5, 0.6) is 0 Å². The fraction of sp³-hybridized carbons (Fsp3) is 0.517. The third kappa shape index (κ3) is 4.20. The van der Waals surface area contributed by atoms with Gasteiger partial charge in [-0.2, -0.15) is 0 Å². The third-order valence-corrected chi connectivity index (χ3v) is 9.01. The van der Waals surface area contributed by atoms with E-state index < -0.39 is 11.6 Å². The molecule has 3 aliphatic rings. The van der Waals surface area contributed by atoms with Gasteiger partial charge < -0.3 is 10.4 Å². The van der Waals surface area contributed by atoms with Crippen molar-refractivity contribution in [3.05, 3.63) is 71.2 Å². The van der Waals surface area contributed by atoms with Crippen molar-refractivity contribution in [2.45, 2.75) is 65.7 Å². The molecule has 4 rings (SSSR count). The molecule has 176 valence electrons. The van der Waals surface area contributed by atoms with Crippen molar-refractivity contribution in [1.29, 1.82) is 0 Å². The van der Waals surface area contributed by atoms with E-state index in [4.69, 9.17) is 0 Å². The first-order valence-electron chi connectivity index (χ1n) is 12.4. The Balaban J connectivity index is 1.58. The molecule has 0 saturated heterocycles. The van der Waals surface area contributed by atoms with Gasteiger partial charge in [0.1, 0.15) is 5.76 Å². The molecule has 0 bridgehead atoms. The number of aliphatic hydroxyl groups excluding tert-OH is 1. The molecule has 33 heavy (non-hydrogen) atoms. The van der Waals surface area contributed by atoms with Crippen molar-refractivity contribution in [2.75, 3.05) is 6.54 Å². The van der Waals surface area contributed by atoms with Crippen LogP contribution >= 0.6 is 0 Å². The van der Waals surface area contributed by atoms with Gasteiger partial charge in [-0.25, -0.2) is 0 Å². The molecule has 3 aliphatic carbocycles. The average molecular weight is 448 g/mol. The molecule has 0 heterocycles. The third-order valence-electron chi connectivity index (χ3n) is 9.01. The predicted octanol–water partition coefficient (Wildman–Crippen LogP) is 5.86. The van der Waals surface area contributed by atoms with Crippen molar-refractivity contribution >= 4 is 11.6 Å². The normalized spacial score (nSPS) is 32.5. The van der Waals surface area contributed by atoms with E-state index in [-0.39, 0.29) is 22.2 Å². The maximum atomic E-state index is 12.9. The van der Waals surface area contributed by atoms with E-state index in [1.165, 1.54) is 17.2 Å². The summed E-state index contributed by atoms with van der Waals surface area (Å²) in [5.74, 6) is -0.379. The molecule has 1 aromatic rings. The van der Waals surface area contributed by atoms with Gasteiger partial charge in [-0.3, -0.25) is 9.59 Å². The minimum absolute atomic E-state index is 0.0528. The van der Waals surface area contributed by atoms with Crippen LogP contribution in [0.1, 0.15) is 64.9 Å². The molecular weight excluding hydrogens is 410 g/mol. The molecule has 0 radical (unpaired) electrons. The van der Waals surface area contributed by atoms with Gasteiger partial charge in [0.25, 0.3) is 0 Å². The zero-order chi connectivity index (χ0) is 23.8. The van der Waals surface area contributed by atoms with E-state index in [0.29, 0.717) is 30.5 Å². The van der Waals surface area contributed by atoms with Crippen LogP contribution in [0, 0.1) is 22.7 Å². The predicted molar refractivity (Wildman–Crippen MR) is 132 cm³/mol. The minimum Gasteiger partial charge on any atom is -0.505 e. The first kappa shape index (κ1) is 23.5. The fourth-order valence-corrected chi connectivity index (χ4v) is 6.62. The summed E-state index contributed by atoms with van der Waals surface area (Å²) in [5.41, 5.74) is 3.02. The summed E-state index contributed by atoms with van der Waals surface area (Å²) >= 11 is 0. The number of Topliss-reactive ketones (excluding diaryl/α,β-unsaturated/α-hetero) is 1. The Hall–Kier alpha value is -2.62. The van der Waals surface area contributed by atoms with Crippen molar-refractivity contribution in [1.82, 2.24) is 5.32 Å². The number of carbonyl (C=O) groups is 2. The van der Waals surface area contributed by atoms with Crippen molar-refractivity contribution in [3.63, 3.8) is 0 Å². The van der Waals surface area contributed by atoms with Gasteiger partial charge in [0.2, 0.25) is 11.6 Å². The van der Waals surface area contributed by atoms with E-state index in [1.807, 2.05) is 30.3 Å². The number of ketones is 2. The van der Waals surface area contributed by atoms with Crippen LogP contribution < -0.4 is 5.32 Å². The van der Waals surface area contributed by atoms with Gasteiger partial charge in [-0.15, -0.1) is 0 Å². The van der Waals surface area contributed by atoms with Gasteiger partial charge in [-0.1, -0.05) is 63.3 Å². The second-order valence-electron chi connectivity index (χ2n) is 10.8. The Morgan fingerprint density at radius 2 is 1.88 bits per heavy atom. The number of carbonyl (C=O) groups excluding carboxylic acids is 2. The van der Waals surface area contributed by atoms with Gasteiger partial charge in [0.15, 0.2) is 0 Å². The van der Waals surface area contributed by atoms with Crippen LogP contribution in [0.25, 0.3) is 0 Å². The van der Waals surface area contributed by atoms with Crippen LogP contribution in [0.2, 0.25) is 0 Å². The minimum atomic E-state index is -0.559. The summed E-state index contributed by atoms with van der Waals surface area (Å²) in [6.07, 6.45) is 7.92.